The van der Waals surface area contributed by atoms with Gasteiger partial charge in [-0.15, -0.1) is 6.58 Å². The van der Waals surface area contributed by atoms with E-state index in [1.807, 2.05) is 6.92 Å². The first-order valence-electron chi connectivity index (χ1n) is 10.5. The van der Waals surface area contributed by atoms with Gasteiger partial charge in [-0.1, -0.05) is 52.5 Å². The molecule has 0 radical (unpaired) electrons. The van der Waals surface area contributed by atoms with Crippen LogP contribution in [-0.4, -0.2) is 39.1 Å². The van der Waals surface area contributed by atoms with Crippen molar-refractivity contribution >= 4 is 10.0 Å². The fourth-order valence-corrected chi connectivity index (χ4v) is 5.13. The highest BCUT2D eigenvalue weighted by molar-refractivity contribution is 7.89. The largest absolute Gasteiger partial charge is 0.396 e. The zero-order valence-corrected chi connectivity index (χ0v) is 18.7. The zero-order valence-electron chi connectivity index (χ0n) is 17.8. The van der Waals surface area contributed by atoms with Crippen molar-refractivity contribution in [1.29, 1.82) is 0 Å². The molecule has 5 nitrogen and oxygen atoms in total. The van der Waals surface area contributed by atoms with Crippen LogP contribution in [0.5, 0.6) is 0 Å². The lowest BCUT2D eigenvalue weighted by molar-refractivity contribution is 0.113. The van der Waals surface area contributed by atoms with Gasteiger partial charge in [-0.3, -0.25) is 0 Å². The van der Waals surface area contributed by atoms with Gasteiger partial charge in [-0.2, -0.15) is 0 Å². The van der Waals surface area contributed by atoms with Crippen molar-refractivity contribution in [1.82, 2.24) is 0 Å². The predicted molar refractivity (Wildman–Crippen MR) is 114 cm³/mol. The van der Waals surface area contributed by atoms with Crippen LogP contribution in [0.2, 0.25) is 0 Å². The Morgan fingerprint density at radius 1 is 0.963 bits per heavy atom. The van der Waals surface area contributed by atoms with Crippen molar-refractivity contribution in [3.05, 3.63) is 12.7 Å². The van der Waals surface area contributed by atoms with Crippen molar-refractivity contribution < 1.29 is 18.3 Å². The second-order valence-electron chi connectivity index (χ2n) is 7.93. The lowest BCUT2D eigenvalue weighted by Gasteiger charge is -2.31. The Kier molecular flexibility index (Phi) is 13.5. The number of ether oxygens (including phenoxy) is 1. The average Bonchev–Trinajstić information content (AvgIpc) is 2.63. The molecule has 0 heterocycles. The van der Waals surface area contributed by atoms with Gasteiger partial charge in [-0.25, -0.2) is 13.6 Å². The standard InChI is InChI=1S/C21H43NO4S/c1-5-20(6-2,15-16-23)13-9-11-17-26-18-12-10-14-21(7-3,8-4)19-27(22,24)25/h7,23H,3,5-6,8-19H2,1-2,4H3,(H2,22,24,25). The summed E-state index contributed by atoms with van der Waals surface area (Å²) in [4.78, 5) is 0. The highest BCUT2D eigenvalue weighted by Gasteiger charge is 2.29. The third-order valence-corrected chi connectivity index (χ3v) is 7.20. The molecule has 0 rings (SSSR count). The second-order valence-corrected chi connectivity index (χ2v) is 9.55. The molecule has 1 atom stereocenters. The van der Waals surface area contributed by atoms with Gasteiger partial charge in [0.2, 0.25) is 10.0 Å². The number of aliphatic hydroxyl groups is 1. The van der Waals surface area contributed by atoms with Gasteiger partial charge < -0.3 is 9.84 Å². The van der Waals surface area contributed by atoms with E-state index in [0.29, 0.717) is 6.61 Å². The van der Waals surface area contributed by atoms with Gasteiger partial charge in [0.25, 0.3) is 0 Å². The van der Waals surface area contributed by atoms with Gasteiger partial charge in [0.05, 0.1) is 5.75 Å². The highest BCUT2D eigenvalue weighted by Crippen LogP contribution is 2.36. The topological polar surface area (TPSA) is 89.6 Å². The summed E-state index contributed by atoms with van der Waals surface area (Å²) in [5, 5.41) is 14.5. The van der Waals surface area contributed by atoms with E-state index in [2.05, 4.69) is 20.4 Å². The van der Waals surface area contributed by atoms with Crippen molar-refractivity contribution in [2.75, 3.05) is 25.6 Å². The summed E-state index contributed by atoms with van der Waals surface area (Å²) in [6, 6.07) is 0. The van der Waals surface area contributed by atoms with Crippen LogP contribution in [0.15, 0.2) is 12.7 Å². The third-order valence-electron chi connectivity index (χ3n) is 6.23. The fraction of sp³-hybridized carbons (Fsp3) is 0.905. The minimum absolute atomic E-state index is 0.0364. The van der Waals surface area contributed by atoms with Crippen LogP contribution in [0, 0.1) is 10.8 Å². The summed E-state index contributed by atoms with van der Waals surface area (Å²) in [5.74, 6) is -0.0364. The van der Waals surface area contributed by atoms with E-state index in [-0.39, 0.29) is 17.8 Å². The van der Waals surface area contributed by atoms with Crippen molar-refractivity contribution in [3.63, 3.8) is 0 Å². The Labute approximate surface area is 167 Å². The van der Waals surface area contributed by atoms with E-state index in [4.69, 9.17) is 9.88 Å². The van der Waals surface area contributed by atoms with E-state index in [0.717, 1.165) is 70.8 Å². The third kappa shape index (κ3) is 11.2. The van der Waals surface area contributed by atoms with Gasteiger partial charge >= 0.3 is 0 Å². The van der Waals surface area contributed by atoms with Crippen LogP contribution in [0.25, 0.3) is 0 Å². The lowest BCUT2D eigenvalue weighted by atomic mass is 9.75. The summed E-state index contributed by atoms with van der Waals surface area (Å²) in [7, 11) is -3.50. The van der Waals surface area contributed by atoms with Crippen molar-refractivity contribution in [3.8, 4) is 0 Å². The van der Waals surface area contributed by atoms with E-state index in [9.17, 15) is 13.5 Å². The summed E-state index contributed by atoms with van der Waals surface area (Å²) in [5.41, 5.74) is -0.143. The molecule has 0 aromatic carbocycles. The Morgan fingerprint density at radius 3 is 1.93 bits per heavy atom. The zero-order chi connectivity index (χ0) is 20.8. The van der Waals surface area contributed by atoms with E-state index >= 15 is 0 Å². The number of hydrogen-bond donors (Lipinski definition) is 2. The van der Waals surface area contributed by atoms with Gasteiger partial charge in [0, 0.05) is 25.2 Å². The molecular weight excluding hydrogens is 362 g/mol. The number of aliphatic hydroxyl groups excluding tert-OH is 1. The van der Waals surface area contributed by atoms with Crippen LogP contribution < -0.4 is 5.14 Å². The van der Waals surface area contributed by atoms with E-state index in [1.165, 1.54) is 0 Å². The first-order valence-corrected chi connectivity index (χ1v) is 12.3. The first-order chi connectivity index (χ1) is 12.7. The lowest BCUT2D eigenvalue weighted by Crippen LogP contribution is -2.31. The average molecular weight is 406 g/mol. The maximum absolute atomic E-state index is 11.4. The Morgan fingerprint density at radius 2 is 1.52 bits per heavy atom. The number of sulfonamides is 1. The molecule has 0 amide bonds. The molecular formula is C21H43NO4S. The number of primary sulfonamides is 1. The molecule has 0 spiro atoms. The number of rotatable bonds is 18. The normalized spacial score (nSPS) is 14.9. The van der Waals surface area contributed by atoms with Crippen LogP contribution in [0.3, 0.4) is 0 Å². The number of unbranched alkanes of at least 4 members (excludes halogenated alkanes) is 2. The Balaban J connectivity index is 3.98. The molecule has 0 aromatic heterocycles. The molecule has 6 heteroatoms. The van der Waals surface area contributed by atoms with Crippen LogP contribution >= 0.6 is 0 Å². The molecule has 0 aliphatic heterocycles. The summed E-state index contributed by atoms with van der Waals surface area (Å²) < 4.78 is 28.6. The van der Waals surface area contributed by atoms with Crippen molar-refractivity contribution in [2.45, 2.75) is 85.0 Å². The molecule has 0 fully saturated rings. The fourth-order valence-electron chi connectivity index (χ4n) is 3.86. The molecule has 0 aromatic rings. The number of allylic oxidation sites excluding steroid dienone is 1. The first kappa shape index (κ1) is 26.6. The predicted octanol–water partition coefficient (Wildman–Crippen LogP) is 4.40. The minimum atomic E-state index is -3.50. The quantitative estimate of drug-likeness (QED) is 0.261. The van der Waals surface area contributed by atoms with Gasteiger partial charge in [0.15, 0.2) is 0 Å². The number of hydrogen-bond acceptors (Lipinski definition) is 4. The van der Waals surface area contributed by atoms with Gasteiger partial charge in [0.1, 0.15) is 0 Å². The summed E-state index contributed by atoms with van der Waals surface area (Å²) in [6.07, 6.45) is 11.5. The highest BCUT2D eigenvalue weighted by atomic mass is 32.2. The molecule has 1 unspecified atom stereocenters. The second kappa shape index (κ2) is 13.7. The van der Waals surface area contributed by atoms with Gasteiger partial charge in [-0.05, 0) is 43.9 Å². The number of nitrogens with two attached hydrogens (primary N) is 1. The molecule has 0 bridgehead atoms. The molecule has 0 saturated heterocycles. The summed E-state index contributed by atoms with van der Waals surface area (Å²) >= 11 is 0. The van der Waals surface area contributed by atoms with Crippen LogP contribution in [0.1, 0.15) is 85.0 Å². The molecule has 27 heavy (non-hydrogen) atoms. The maximum atomic E-state index is 11.4. The molecule has 0 aliphatic carbocycles. The molecule has 3 N–H and O–H groups in total. The Bertz CT molecular complexity index is 488. The smallest absolute Gasteiger partial charge is 0.209 e. The molecule has 162 valence electrons. The summed E-state index contributed by atoms with van der Waals surface area (Å²) in [6.45, 7) is 12.0. The van der Waals surface area contributed by atoms with E-state index in [1.54, 1.807) is 6.08 Å². The SMILES string of the molecule is C=CC(CC)(CCCCOCCCCC(CC)(CC)CCO)CS(N)(=O)=O. The van der Waals surface area contributed by atoms with Crippen LogP contribution in [-0.2, 0) is 14.8 Å². The monoisotopic (exact) mass is 405 g/mol. The minimum Gasteiger partial charge on any atom is -0.396 e. The Hall–Kier alpha value is -0.430. The molecule has 0 saturated carbocycles. The van der Waals surface area contributed by atoms with Crippen molar-refractivity contribution in [2.24, 2.45) is 16.0 Å². The van der Waals surface area contributed by atoms with E-state index < -0.39 is 15.4 Å². The van der Waals surface area contributed by atoms with Crippen LogP contribution in [0.4, 0.5) is 0 Å². The maximum Gasteiger partial charge on any atom is 0.209 e. The molecule has 0 aliphatic rings.